The molecule has 0 unspecified atom stereocenters. The lowest BCUT2D eigenvalue weighted by molar-refractivity contribution is 0.371. The Bertz CT molecular complexity index is 355. The van der Waals surface area contributed by atoms with Crippen molar-refractivity contribution in [2.45, 2.75) is 12.8 Å². The van der Waals surface area contributed by atoms with Crippen LogP contribution in [-0.4, -0.2) is 13.7 Å². The van der Waals surface area contributed by atoms with E-state index in [1.807, 2.05) is 0 Å². The molecule has 0 saturated heterocycles. The smallest absolute Gasteiger partial charge is 0.171 e. The molecule has 84 valence electrons. The second-order valence-corrected chi connectivity index (χ2v) is 3.06. The minimum absolute atomic E-state index is 0.0578. The Balaban J connectivity index is 3.15. The van der Waals surface area contributed by atoms with Gasteiger partial charge in [-0.1, -0.05) is 0 Å². The van der Waals surface area contributed by atoms with Crippen LogP contribution >= 0.6 is 0 Å². The third kappa shape index (κ3) is 2.41. The highest BCUT2D eigenvalue weighted by Gasteiger charge is 2.18. The molecule has 2 nitrogen and oxygen atoms in total. The van der Waals surface area contributed by atoms with Crippen LogP contribution in [0.3, 0.4) is 0 Å². The van der Waals surface area contributed by atoms with Gasteiger partial charge in [-0.2, -0.15) is 0 Å². The number of nitrogens with two attached hydrogens (primary N) is 1. The van der Waals surface area contributed by atoms with Crippen molar-refractivity contribution in [3.05, 3.63) is 29.1 Å². The van der Waals surface area contributed by atoms with E-state index in [0.717, 1.165) is 0 Å². The molecule has 0 aliphatic rings. The number of ether oxygens (including phenoxy) is 1. The topological polar surface area (TPSA) is 35.2 Å². The molecule has 0 saturated carbocycles. The summed E-state index contributed by atoms with van der Waals surface area (Å²) < 4.78 is 44.2. The molecule has 2 N–H and O–H groups in total. The van der Waals surface area contributed by atoms with Crippen LogP contribution in [0.1, 0.15) is 12.0 Å². The standard InChI is InChI=1S/C10H12F3NO/c1-15-8-5-7(11)9(12)6(10(8)13)3-2-4-14/h5H,2-4,14H2,1H3. The van der Waals surface area contributed by atoms with Crippen molar-refractivity contribution in [1.29, 1.82) is 0 Å². The van der Waals surface area contributed by atoms with Gasteiger partial charge in [-0.15, -0.1) is 0 Å². The van der Waals surface area contributed by atoms with Gasteiger partial charge in [0.25, 0.3) is 0 Å². The summed E-state index contributed by atoms with van der Waals surface area (Å²) in [7, 11) is 1.20. The van der Waals surface area contributed by atoms with E-state index in [4.69, 9.17) is 5.73 Å². The molecule has 0 aliphatic heterocycles. The van der Waals surface area contributed by atoms with Crippen LogP contribution in [0.15, 0.2) is 6.07 Å². The zero-order valence-corrected chi connectivity index (χ0v) is 8.32. The number of hydrogen-bond acceptors (Lipinski definition) is 2. The fourth-order valence-corrected chi connectivity index (χ4v) is 1.28. The lowest BCUT2D eigenvalue weighted by Gasteiger charge is -2.09. The molecule has 0 radical (unpaired) electrons. The lowest BCUT2D eigenvalue weighted by Crippen LogP contribution is -2.06. The van der Waals surface area contributed by atoms with Crippen molar-refractivity contribution < 1.29 is 17.9 Å². The molecule has 0 aliphatic carbocycles. The maximum Gasteiger partial charge on any atom is 0.171 e. The molecule has 1 aromatic carbocycles. The van der Waals surface area contributed by atoms with Gasteiger partial charge in [-0.25, -0.2) is 13.2 Å². The van der Waals surface area contributed by atoms with Crippen LogP contribution < -0.4 is 10.5 Å². The summed E-state index contributed by atoms with van der Waals surface area (Å²) in [5.41, 5.74) is 4.91. The molecule has 0 atom stereocenters. The number of hydrogen-bond donors (Lipinski definition) is 1. The highest BCUT2D eigenvalue weighted by atomic mass is 19.2. The molecule has 0 aromatic heterocycles. The molecule has 5 heteroatoms. The molecular weight excluding hydrogens is 207 g/mol. The summed E-state index contributed by atoms with van der Waals surface area (Å²) >= 11 is 0. The lowest BCUT2D eigenvalue weighted by atomic mass is 10.1. The predicted octanol–water partition coefficient (Wildman–Crippen LogP) is 2.00. The van der Waals surface area contributed by atoms with Crippen LogP contribution in [-0.2, 0) is 6.42 Å². The zero-order chi connectivity index (χ0) is 11.4. The Hall–Kier alpha value is -1.23. The van der Waals surface area contributed by atoms with E-state index in [9.17, 15) is 13.2 Å². The first-order valence-corrected chi connectivity index (χ1v) is 4.52. The third-order valence-electron chi connectivity index (χ3n) is 2.06. The van der Waals surface area contributed by atoms with Gasteiger partial charge in [-0.05, 0) is 19.4 Å². The van der Waals surface area contributed by atoms with Crippen molar-refractivity contribution in [2.75, 3.05) is 13.7 Å². The van der Waals surface area contributed by atoms with E-state index in [1.54, 1.807) is 0 Å². The fraction of sp³-hybridized carbons (Fsp3) is 0.400. The highest BCUT2D eigenvalue weighted by Crippen LogP contribution is 2.26. The van der Waals surface area contributed by atoms with Gasteiger partial charge in [0.15, 0.2) is 23.2 Å². The van der Waals surface area contributed by atoms with Crippen LogP contribution in [0.25, 0.3) is 0 Å². The Morgan fingerprint density at radius 2 is 1.93 bits per heavy atom. The van der Waals surface area contributed by atoms with Crippen LogP contribution in [0.2, 0.25) is 0 Å². The summed E-state index contributed by atoms with van der Waals surface area (Å²) in [5.74, 6) is -3.42. The van der Waals surface area contributed by atoms with Crippen molar-refractivity contribution in [3.8, 4) is 5.75 Å². The monoisotopic (exact) mass is 219 g/mol. The first-order valence-electron chi connectivity index (χ1n) is 4.52. The number of rotatable bonds is 4. The van der Waals surface area contributed by atoms with Gasteiger partial charge in [0.2, 0.25) is 0 Å². The van der Waals surface area contributed by atoms with Crippen LogP contribution in [0.5, 0.6) is 5.75 Å². The van der Waals surface area contributed by atoms with Gasteiger partial charge in [0.1, 0.15) is 0 Å². The molecule has 0 fully saturated rings. The van der Waals surface area contributed by atoms with Crippen molar-refractivity contribution in [2.24, 2.45) is 5.73 Å². The van der Waals surface area contributed by atoms with Crippen molar-refractivity contribution >= 4 is 0 Å². The zero-order valence-electron chi connectivity index (χ0n) is 8.32. The van der Waals surface area contributed by atoms with Crippen molar-refractivity contribution in [1.82, 2.24) is 0 Å². The van der Waals surface area contributed by atoms with Gasteiger partial charge in [-0.3, -0.25) is 0 Å². The van der Waals surface area contributed by atoms with Crippen molar-refractivity contribution in [3.63, 3.8) is 0 Å². The van der Waals surface area contributed by atoms with Gasteiger partial charge < -0.3 is 10.5 Å². The molecule has 1 rings (SSSR count). The van der Waals surface area contributed by atoms with Gasteiger partial charge in [0, 0.05) is 11.6 Å². The highest BCUT2D eigenvalue weighted by molar-refractivity contribution is 5.33. The first kappa shape index (κ1) is 11.8. The summed E-state index contributed by atoms with van der Waals surface area (Å²) in [6.07, 6.45) is 0.447. The first-order chi connectivity index (χ1) is 7.11. The third-order valence-corrected chi connectivity index (χ3v) is 2.06. The van der Waals surface area contributed by atoms with E-state index < -0.39 is 17.5 Å². The summed E-state index contributed by atoms with van der Waals surface area (Å²) in [4.78, 5) is 0. The van der Waals surface area contributed by atoms with E-state index in [1.165, 1.54) is 7.11 Å². The van der Waals surface area contributed by atoms with E-state index in [0.29, 0.717) is 12.5 Å². The average Bonchev–Trinajstić information content (AvgIpc) is 2.23. The average molecular weight is 219 g/mol. The van der Waals surface area contributed by atoms with Crippen LogP contribution in [0.4, 0.5) is 13.2 Å². The minimum atomic E-state index is -1.17. The molecule has 0 heterocycles. The molecule has 0 bridgehead atoms. The normalized spacial score (nSPS) is 10.5. The van der Waals surface area contributed by atoms with Crippen LogP contribution in [0, 0.1) is 17.5 Å². The maximum atomic E-state index is 13.5. The Morgan fingerprint density at radius 3 is 2.47 bits per heavy atom. The predicted molar refractivity (Wildman–Crippen MR) is 50.2 cm³/mol. The fourth-order valence-electron chi connectivity index (χ4n) is 1.28. The molecule has 0 amide bonds. The maximum absolute atomic E-state index is 13.5. The van der Waals surface area contributed by atoms with E-state index in [-0.39, 0.29) is 24.3 Å². The van der Waals surface area contributed by atoms with E-state index in [2.05, 4.69) is 4.74 Å². The molecule has 15 heavy (non-hydrogen) atoms. The number of halogens is 3. The number of methoxy groups -OCH3 is 1. The molecule has 0 spiro atoms. The Labute approximate surface area is 85.8 Å². The quantitative estimate of drug-likeness (QED) is 0.786. The molecule has 1 aromatic rings. The minimum Gasteiger partial charge on any atom is -0.494 e. The Kier molecular flexibility index (Phi) is 3.96. The summed E-state index contributed by atoms with van der Waals surface area (Å²) in [5, 5.41) is 0. The second kappa shape index (κ2) is 5.02. The second-order valence-electron chi connectivity index (χ2n) is 3.06. The Morgan fingerprint density at radius 1 is 1.27 bits per heavy atom. The molecular formula is C10H12F3NO. The SMILES string of the molecule is COc1cc(F)c(F)c(CCCN)c1F. The van der Waals surface area contributed by atoms with E-state index >= 15 is 0 Å². The van der Waals surface area contributed by atoms with Gasteiger partial charge >= 0.3 is 0 Å². The number of benzene rings is 1. The summed E-state index contributed by atoms with van der Waals surface area (Å²) in [6, 6.07) is 0.691. The largest absolute Gasteiger partial charge is 0.494 e. The summed E-state index contributed by atoms with van der Waals surface area (Å²) in [6.45, 7) is 0.289. The van der Waals surface area contributed by atoms with Gasteiger partial charge in [0.05, 0.1) is 7.11 Å².